The molecule has 0 aliphatic heterocycles. The summed E-state index contributed by atoms with van der Waals surface area (Å²) in [7, 11) is 0. The number of ether oxygens (including phenoxy) is 1. The van der Waals surface area contributed by atoms with Crippen molar-refractivity contribution in [3.8, 4) is 0 Å². The highest BCUT2D eigenvalue weighted by atomic mass is 16.5. The normalized spacial score (nSPS) is 16.3. The molecule has 0 atom stereocenters. The van der Waals surface area contributed by atoms with Crippen LogP contribution in [0.1, 0.15) is 52.3 Å². The van der Waals surface area contributed by atoms with E-state index in [-0.39, 0.29) is 0 Å². The Bertz CT molecular complexity index is 420. The van der Waals surface area contributed by atoms with Crippen molar-refractivity contribution in [3.05, 3.63) is 11.9 Å². The first-order valence-corrected chi connectivity index (χ1v) is 8.08. The second-order valence-electron chi connectivity index (χ2n) is 6.14. The molecule has 0 amide bonds. The minimum atomic E-state index is 0.433. The number of nitrogens with one attached hydrogen (secondary N) is 2. The fourth-order valence-electron chi connectivity index (χ4n) is 2.45. The lowest BCUT2D eigenvalue weighted by molar-refractivity contribution is 0.128. The van der Waals surface area contributed by atoms with Crippen molar-refractivity contribution in [2.75, 3.05) is 30.3 Å². The molecule has 1 heterocycles. The quantitative estimate of drug-likeness (QED) is 0.730. The Morgan fingerprint density at radius 2 is 1.90 bits per heavy atom. The Hall–Kier alpha value is -1.36. The number of nitrogens with zero attached hydrogens (tertiary/aromatic N) is 2. The van der Waals surface area contributed by atoms with E-state index in [2.05, 4.69) is 34.4 Å². The predicted molar refractivity (Wildman–Crippen MR) is 86.6 cm³/mol. The third-order valence-electron chi connectivity index (χ3n) is 4.02. The molecule has 21 heavy (non-hydrogen) atoms. The minimum Gasteiger partial charge on any atom is -0.374 e. The number of hydrogen-bond donors (Lipinski definition) is 2. The molecule has 1 aliphatic rings. The van der Waals surface area contributed by atoms with E-state index in [9.17, 15) is 0 Å². The van der Waals surface area contributed by atoms with Crippen molar-refractivity contribution in [2.24, 2.45) is 5.41 Å². The molecular weight excluding hydrogens is 264 g/mol. The van der Waals surface area contributed by atoms with E-state index in [1.54, 1.807) is 0 Å². The summed E-state index contributed by atoms with van der Waals surface area (Å²) in [6, 6.07) is 1.99. The molecule has 1 saturated carbocycles. The Morgan fingerprint density at radius 1 is 1.19 bits per heavy atom. The van der Waals surface area contributed by atoms with E-state index in [4.69, 9.17) is 4.74 Å². The second kappa shape index (κ2) is 7.59. The highest BCUT2D eigenvalue weighted by molar-refractivity contribution is 5.47. The topological polar surface area (TPSA) is 59.1 Å². The van der Waals surface area contributed by atoms with Crippen molar-refractivity contribution in [1.82, 2.24) is 9.97 Å². The average molecular weight is 292 g/mol. The maximum atomic E-state index is 5.43. The lowest BCUT2D eigenvalue weighted by Gasteiger charge is -2.38. The first-order valence-electron chi connectivity index (χ1n) is 8.08. The van der Waals surface area contributed by atoms with Gasteiger partial charge >= 0.3 is 0 Å². The van der Waals surface area contributed by atoms with Gasteiger partial charge in [-0.2, -0.15) is 0 Å². The summed E-state index contributed by atoms with van der Waals surface area (Å²) in [4.78, 5) is 9.05. The lowest BCUT2D eigenvalue weighted by Crippen LogP contribution is -2.33. The van der Waals surface area contributed by atoms with E-state index in [0.29, 0.717) is 18.6 Å². The van der Waals surface area contributed by atoms with Crippen LogP contribution >= 0.6 is 0 Å². The molecule has 0 bridgehead atoms. The number of rotatable bonds is 9. The standard InChI is InChI=1S/C16H28N4O/c1-4-9-17-13-10-14(18-12-16(3)7-6-8-16)20-15(19-13)11-21-5-2/h10H,4-9,11-12H2,1-3H3,(H2,17,18,19,20). The van der Waals surface area contributed by atoms with Gasteiger partial charge in [0.2, 0.25) is 0 Å². The summed E-state index contributed by atoms with van der Waals surface area (Å²) < 4.78 is 5.43. The maximum absolute atomic E-state index is 5.43. The van der Waals surface area contributed by atoms with Crippen LogP contribution in [0.25, 0.3) is 0 Å². The summed E-state index contributed by atoms with van der Waals surface area (Å²) in [6.45, 7) is 9.50. The fraction of sp³-hybridized carbons (Fsp3) is 0.750. The molecule has 0 aromatic carbocycles. The van der Waals surface area contributed by atoms with Crippen molar-refractivity contribution in [2.45, 2.75) is 53.1 Å². The molecule has 5 nitrogen and oxygen atoms in total. The van der Waals surface area contributed by atoms with Gasteiger partial charge in [0.05, 0.1) is 0 Å². The molecule has 1 aromatic heterocycles. The zero-order valence-corrected chi connectivity index (χ0v) is 13.5. The van der Waals surface area contributed by atoms with Crippen molar-refractivity contribution >= 4 is 11.6 Å². The van der Waals surface area contributed by atoms with Gasteiger partial charge in [-0.3, -0.25) is 0 Å². The van der Waals surface area contributed by atoms with Crippen molar-refractivity contribution in [1.29, 1.82) is 0 Å². The lowest BCUT2D eigenvalue weighted by atomic mass is 9.70. The van der Waals surface area contributed by atoms with Gasteiger partial charge in [0.15, 0.2) is 5.82 Å². The first kappa shape index (κ1) is 16.0. The molecule has 118 valence electrons. The van der Waals surface area contributed by atoms with E-state index in [1.807, 2.05) is 13.0 Å². The molecule has 1 aromatic rings. The molecule has 1 fully saturated rings. The zero-order valence-electron chi connectivity index (χ0n) is 13.5. The third kappa shape index (κ3) is 4.84. The van der Waals surface area contributed by atoms with Crippen molar-refractivity contribution in [3.63, 3.8) is 0 Å². The number of aromatic nitrogens is 2. The summed E-state index contributed by atoms with van der Waals surface area (Å²) in [5.74, 6) is 2.51. The smallest absolute Gasteiger partial charge is 0.158 e. The highest BCUT2D eigenvalue weighted by Gasteiger charge is 2.31. The zero-order chi connectivity index (χ0) is 15.1. The van der Waals surface area contributed by atoms with Gasteiger partial charge in [-0.1, -0.05) is 20.3 Å². The van der Waals surface area contributed by atoms with E-state index >= 15 is 0 Å². The van der Waals surface area contributed by atoms with Crippen LogP contribution in [0, 0.1) is 5.41 Å². The Labute approximate surface area is 127 Å². The van der Waals surface area contributed by atoms with Gasteiger partial charge in [-0.15, -0.1) is 0 Å². The summed E-state index contributed by atoms with van der Waals surface area (Å²) >= 11 is 0. The Kier molecular flexibility index (Phi) is 5.79. The van der Waals surface area contributed by atoms with Crippen LogP contribution in [-0.2, 0) is 11.3 Å². The molecule has 0 saturated heterocycles. The van der Waals surface area contributed by atoms with Crippen LogP contribution in [0.5, 0.6) is 0 Å². The molecular formula is C16H28N4O. The van der Waals surface area contributed by atoms with Crippen LogP contribution in [0.2, 0.25) is 0 Å². The van der Waals surface area contributed by atoms with Crippen LogP contribution in [0.4, 0.5) is 11.6 Å². The summed E-state index contributed by atoms with van der Waals surface area (Å²) in [5, 5.41) is 6.80. The van der Waals surface area contributed by atoms with Crippen LogP contribution in [0.15, 0.2) is 6.07 Å². The second-order valence-corrected chi connectivity index (χ2v) is 6.14. The highest BCUT2D eigenvalue weighted by Crippen LogP contribution is 2.40. The maximum Gasteiger partial charge on any atom is 0.158 e. The van der Waals surface area contributed by atoms with E-state index < -0.39 is 0 Å². The predicted octanol–water partition coefficient (Wildman–Crippen LogP) is 3.44. The largest absolute Gasteiger partial charge is 0.374 e. The Morgan fingerprint density at radius 3 is 2.48 bits per heavy atom. The molecule has 5 heteroatoms. The molecule has 2 rings (SSSR count). The fourth-order valence-corrected chi connectivity index (χ4v) is 2.45. The Balaban J connectivity index is 2.02. The van der Waals surface area contributed by atoms with Gasteiger partial charge in [0.1, 0.15) is 18.2 Å². The monoisotopic (exact) mass is 292 g/mol. The molecule has 2 N–H and O–H groups in total. The van der Waals surface area contributed by atoms with Gasteiger partial charge in [-0.25, -0.2) is 9.97 Å². The average Bonchev–Trinajstić information content (AvgIpc) is 2.47. The molecule has 0 unspecified atom stereocenters. The molecule has 0 spiro atoms. The van der Waals surface area contributed by atoms with E-state index in [1.165, 1.54) is 19.3 Å². The van der Waals surface area contributed by atoms with Gasteiger partial charge in [0, 0.05) is 25.8 Å². The number of hydrogen-bond acceptors (Lipinski definition) is 5. The first-order chi connectivity index (χ1) is 10.1. The molecule has 0 radical (unpaired) electrons. The van der Waals surface area contributed by atoms with Crippen LogP contribution < -0.4 is 10.6 Å². The SMILES string of the molecule is CCCNc1cc(NCC2(C)CCC2)nc(COCC)n1. The van der Waals surface area contributed by atoms with Crippen molar-refractivity contribution < 1.29 is 4.74 Å². The van der Waals surface area contributed by atoms with E-state index in [0.717, 1.165) is 37.0 Å². The summed E-state index contributed by atoms with van der Waals surface area (Å²) in [6.07, 6.45) is 5.03. The van der Waals surface area contributed by atoms with Crippen LogP contribution in [0.3, 0.4) is 0 Å². The summed E-state index contributed by atoms with van der Waals surface area (Å²) in [5.41, 5.74) is 0.433. The van der Waals surface area contributed by atoms with Crippen LogP contribution in [-0.4, -0.2) is 29.7 Å². The van der Waals surface area contributed by atoms with Gasteiger partial charge in [0.25, 0.3) is 0 Å². The third-order valence-corrected chi connectivity index (χ3v) is 4.02. The molecule has 1 aliphatic carbocycles. The minimum absolute atomic E-state index is 0.433. The van der Waals surface area contributed by atoms with Gasteiger partial charge in [-0.05, 0) is 31.6 Å². The van der Waals surface area contributed by atoms with Gasteiger partial charge < -0.3 is 15.4 Å². The number of anilines is 2.